The topological polar surface area (TPSA) is 80.1 Å². The van der Waals surface area contributed by atoms with Gasteiger partial charge < -0.3 is 19.6 Å². The minimum atomic E-state index is -0.469. The van der Waals surface area contributed by atoms with E-state index in [1.807, 2.05) is 24.4 Å². The summed E-state index contributed by atoms with van der Waals surface area (Å²) in [5.74, 6) is 0.128. The van der Waals surface area contributed by atoms with Crippen molar-refractivity contribution in [3.8, 4) is 0 Å². The fraction of sp³-hybridized carbons (Fsp3) is 0.294. The van der Waals surface area contributed by atoms with Crippen LogP contribution in [0, 0.1) is 0 Å². The molecule has 3 rings (SSSR count). The van der Waals surface area contributed by atoms with Crippen LogP contribution in [0.15, 0.2) is 35.0 Å². The van der Waals surface area contributed by atoms with Gasteiger partial charge in [-0.25, -0.2) is 4.79 Å². The van der Waals surface area contributed by atoms with E-state index in [0.717, 1.165) is 28.9 Å². The van der Waals surface area contributed by atoms with Crippen molar-refractivity contribution >= 4 is 28.5 Å². The lowest BCUT2D eigenvalue weighted by Crippen LogP contribution is -2.16. The van der Waals surface area contributed by atoms with E-state index in [1.54, 1.807) is 13.0 Å². The molecule has 0 saturated heterocycles. The molecule has 0 aliphatic carbocycles. The Kier molecular flexibility index (Phi) is 5.17. The number of hydrogen-bond acceptors (Lipinski definition) is 5. The normalized spacial score (nSPS) is 11.1. The Morgan fingerprint density at radius 2 is 2.29 bits per heavy atom. The van der Waals surface area contributed by atoms with Crippen molar-refractivity contribution in [2.24, 2.45) is 0 Å². The largest absolute Gasteiger partial charge is 0.461 e. The lowest BCUT2D eigenvalue weighted by atomic mass is 10.1. The summed E-state index contributed by atoms with van der Waals surface area (Å²) in [6.07, 6.45) is 2.84. The maximum Gasteiger partial charge on any atom is 0.360 e. The number of hydrogen-bond donors (Lipinski definition) is 2. The maximum atomic E-state index is 11.5. The molecule has 6 nitrogen and oxygen atoms in total. The maximum absolute atomic E-state index is 11.5. The van der Waals surface area contributed by atoms with Gasteiger partial charge in [0, 0.05) is 28.2 Å². The zero-order valence-electron chi connectivity index (χ0n) is 13.3. The lowest BCUT2D eigenvalue weighted by molar-refractivity contribution is 0.0514. The molecule has 24 heavy (non-hydrogen) atoms. The van der Waals surface area contributed by atoms with E-state index < -0.39 is 5.97 Å². The highest BCUT2D eigenvalue weighted by Gasteiger charge is 2.13. The van der Waals surface area contributed by atoms with Crippen LogP contribution in [0.25, 0.3) is 10.9 Å². The molecule has 3 aromatic rings. The van der Waals surface area contributed by atoms with Gasteiger partial charge in [-0.15, -0.1) is 0 Å². The Balaban J connectivity index is 1.51. The summed E-state index contributed by atoms with van der Waals surface area (Å²) >= 11 is 6.05. The van der Waals surface area contributed by atoms with Gasteiger partial charge in [0.05, 0.1) is 13.2 Å². The van der Waals surface area contributed by atoms with Crippen molar-refractivity contribution in [3.63, 3.8) is 0 Å². The first-order chi connectivity index (χ1) is 11.7. The van der Waals surface area contributed by atoms with Crippen molar-refractivity contribution in [3.05, 3.63) is 52.5 Å². The molecule has 2 heterocycles. The van der Waals surface area contributed by atoms with Crippen molar-refractivity contribution in [1.29, 1.82) is 0 Å². The molecular weight excluding hydrogens is 330 g/mol. The van der Waals surface area contributed by atoms with Gasteiger partial charge >= 0.3 is 5.97 Å². The van der Waals surface area contributed by atoms with Crippen molar-refractivity contribution in [1.82, 2.24) is 15.5 Å². The zero-order chi connectivity index (χ0) is 16.9. The number of esters is 1. The van der Waals surface area contributed by atoms with E-state index >= 15 is 0 Å². The number of carbonyl (C=O) groups excluding carboxylic acids is 1. The Bertz CT molecular complexity index is 841. The predicted molar refractivity (Wildman–Crippen MR) is 91.2 cm³/mol. The molecule has 7 heteroatoms. The van der Waals surface area contributed by atoms with Crippen molar-refractivity contribution in [2.45, 2.75) is 19.9 Å². The second-order valence-corrected chi connectivity index (χ2v) is 5.77. The first-order valence-electron chi connectivity index (χ1n) is 7.76. The fourth-order valence-electron chi connectivity index (χ4n) is 2.49. The Morgan fingerprint density at radius 1 is 1.42 bits per heavy atom. The van der Waals surface area contributed by atoms with E-state index in [9.17, 15) is 4.79 Å². The lowest BCUT2D eigenvalue weighted by Gasteiger charge is -2.02. The molecular formula is C17H18ClN3O3. The molecule has 0 unspecified atom stereocenters. The van der Waals surface area contributed by atoms with E-state index in [2.05, 4.69) is 15.5 Å². The Hall–Kier alpha value is -2.31. The molecule has 0 aliphatic rings. The van der Waals surface area contributed by atoms with Crippen LogP contribution >= 0.6 is 11.6 Å². The molecule has 0 amide bonds. The molecule has 0 bridgehead atoms. The first kappa shape index (κ1) is 16.5. The van der Waals surface area contributed by atoms with E-state index in [0.29, 0.717) is 18.9 Å². The van der Waals surface area contributed by atoms with Crippen LogP contribution in [0.4, 0.5) is 0 Å². The molecule has 0 spiro atoms. The highest BCUT2D eigenvalue weighted by Crippen LogP contribution is 2.22. The quantitative estimate of drug-likeness (QED) is 0.506. The number of ether oxygens (including phenoxy) is 1. The number of benzene rings is 1. The summed E-state index contributed by atoms with van der Waals surface area (Å²) < 4.78 is 9.99. The van der Waals surface area contributed by atoms with E-state index in [4.69, 9.17) is 20.9 Å². The average Bonchev–Trinajstić information content (AvgIpc) is 3.19. The molecule has 0 aliphatic heterocycles. The number of rotatable bonds is 7. The van der Waals surface area contributed by atoms with Crippen LogP contribution in [0.5, 0.6) is 0 Å². The van der Waals surface area contributed by atoms with Gasteiger partial charge in [-0.1, -0.05) is 16.8 Å². The van der Waals surface area contributed by atoms with Gasteiger partial charge in [-0.05, 0) is 43.7 Å². The van der Waals surface area contributed by atoms with Crippen LogP contribution in [0.3, 0.4) is 0 Å². The molecule has 0 fully saturated rings. The van der Waals surface area contributed by atoms with Gasteiger partial charge in [-0.3, -0.25) is 0 Å². The smallest absolute Gasteiger partial charge is 0.360 e. The fourth-order valence-corrected chi connectivity index (χ4v) is 2.66. The second-order valence-electron chi connectivity index (χ2n) is 5.33. The molecule has 1 aromatic carbocycles. The Morgan fingerprint density at radius 3 is 3.12 bits per heavy atom. The van der Waals surface area contributed by atoms with Crippen LogP contribution in [0.1, 0.15) is 28.7 Å². The van der Waals surface area contributed by atoms with E-state index in [1.165, 1.54) is 5.56 Å². The van der Waals surface area contributed by atoms with Gasteiger partial charge in [0.25, 0.3) is 0 Å². The summed E-state index contributed by atoms with van der Waals surface area (Å²) in [4.78, 5) is 14.8. The molecule has 2 N–H and O–H groups in total. The predicted octanol–water partition coefficient (Wildman–Crippen LogP) is 3.32. The standard InChI is InChI=1S/C17H18ClN3O3/c1-2-23-17(22)16-8-13(24-21-16)10-19-6-5-11-9-20-15-4-3-12(18)7-14(11)15/h3-4,7-9,19-20H,2,5-6,10H2,1H3. The number of aromatic nitrogens is 2. The first-order valence-corrected chi connectivity index (χ1v) is 8.14. The number of H-pyrrole nitrogens is 1. The average molecular weight is 348 g/mol. The highest BCUT2D eigenvalue weighted by atomic mass is 35.5. The second kappa shape index (κ2) is 7.51. The SMILES string of the molecule is CCOC(=O)c1cc(CNCCc2c[nH]c3ccc(Cl)cc23)on1. The van der Waals surface area contributed by atoms with Gasteiger partial charge in [0.1, 0.15) is 0 Å². The summed E-state index contributed by atoms with van der Waals surface area (Å²) in [5.41, 5.74) is 2.47. The third-order valence-electron chi connectivity index (χ3n) is 3.64. The number of aromatic amines is 1. The van der Waals surface area contributed by atoms with E-state index in [-0.39, 0.29) is 5.69 Å². The van der Waals surface area contributed by atoms with Crippen molar-refractivity contribution < 1.29 is 14.1 Å². The zero-order valence-corrected chi connectivity index (χ0v) is 14.0. The molecule has 0 radical (unpaired) electrons. The number of fused-ring (bicyclic) bond motifs is 1. The minimum absolute atomic E-state index is 0.194. The molecule has 0 atom stereocenters. The molecule has 2 aromatic heterocycles. The third kappa shape index (κ3) is 3.77. The third-order valence-corrected chi connectivity index (χ3v) is 3.88. The van der Waals surface area contributed by atoms with Gasteiger partial charge in [0.15, 0.2) is 11.5 Å². The highest BCUT2D eigenvalue weighted by molar-refractivity contribution is 6.31. The number of halogens is 1. The summed E-state index contributed by atoms with van der Waals surface area (Å²) in [5, 5.41) is 8.83. The van der Waals surface area contributed by atoms with Crippen LogP contribution < -0.4 is 5.32 Å². The summed E-state index contributed by atoms with van der Waals surface area (Å²) in [7, 11) is 0. The Labute approximate surface area is 144 Å². The molecule has 126 valence electrons. The number of nitrogens with zero attached hydrogens (tertiary/aromatic N) is 1. The monoisotopic (exact) mass is 347 g/mol. The molecule has 0 saturated carbocycles. The summed E-state index contributed by atoms with van der Waals surface area (Å²) in [6.45, 7) is 3.32. The van der Waals surface area contributed by atoms with Crippen LogP contribution in [0.2, 0.25) is 5.02 Å². The number of carbonyl (C=O) groups is 1. The summed E-state index contributed by atoms with van der Waals surface area (Å²) in [6, 6.07) is 7.40. The minimum Gasteiger partial charge on any atom is -0.461 e. The number of nitrogens with one attached hydrogen (secondary N) is 2. The van der Waals surface area contributed by atoms with Gasteiger partial charge in [-0.2, -0.15) is 0 Å². The van der Waals surface area contributed by atoms with Gasteiger partial charge in [0.2, 0.25) is 0 Å². The van der Waals surface area contributed by atoms with Crippen LogP contribution in [-0.4, -0.2) is 29.3 Å². The van der Waals surface area contributed by atoms with Crippen LogP contribution in [-0.2, 0) is 17.7 Å². The van der Waals surface area contributed by atoms with Crippen molar-refractivity contribution in [2.75, 3.05) is 13.2 Å².